The molecule has 2 rings (SSSR count). The summed E-state index contributed by atoms with van der Waals surface area (Å²) in [5, 5.41) is 10.6. The molecule has 0 bridgehead atoms. The molecule has 1 nitrogen and oxygen atoms in total. The van der Waals surface area contributed by atoms with Crippen molar-refractivity contribution in [3.8, 4) is 0 Å². The van der Waals surface area contributed by atoms with Crippen molar-refractivity contribution in [2.75, 3.05) is 0 Å². The number of halogens is 2. The zero-order valence-electron chi connectivity index (χ0n) is 9.11. The van der Waals surface area contributed by atoms with Crippen molar-refractivity contribution in [2.45, 2.75) is 12.5 Å². The molecule has 0 aliphatic rings. The third kappa shape index (κ3) is 3.29. The number of hydrogen-bond donors (Lipinski definition) is 1. The summed E-state index contributed by atoms with van der Waals surface area (Å²) >= 11 is 5.77. The number of aliphatic hydroxyl groups excluding tert-OH is 1. The molecule has 0 saturated carbocycles. The second-order valence-electron chi connectivity index (χ2n) is 3.90. The van der Waals surface area contributed by atoms with Gasteiger partial charge in [0.15, 0.2) is 0 Å². The van der Waals surface area contributed by atoms with Crippen molar-refractivity contribution in [2.24, 2.45) is 0 Å². The Bertz CT molecular complexity index is 496. The zero-order valence-corrected chi connectivity index (χ0v) is 9.86. The van der Waals surface area contributed by atoms with Crippen molar-refractivity contribution >= 4 is 11.6 Å². The van der Waals surface area contributed by atoms with E-state index in [2.05, 4.69) is 0 Å². The minimum absolute atomic E-state index is 0.336. The Morgan fingerprint density at radius 3 is 2.47 bits per heavy atom. The van der Waals surface area contributed by atoms with Crippen molar-refractivity contribution < 1.29 is 9.50 Å². The van der Waals surface area contributed by atoms with E-state index in [1.165, 1.54) is 12.1 Å². The van der Waals surface area contributed by atoms with E-state index in [1.54, 1.807) is 24.3 Å². The maximum atomic E-state index is 13.0. The highest BCUT2D eigenvalue weighted by molar-refractivity contribution is 6.30. The Kier molecular flexibility index (Phi) is 3.77. The van der Waals surface area contributed by atoms with E-state index in [0.717, 1.165) is 5.56 Å². The fourth-order valence-electron chi connectivity index (χ4n) is 1.68. The van der Waals surface area contributed by atoms with Crippen LogP contribution < -0.4 is 0 Å². The number of benzene rings is 2. The van der Waals surface area contributed by atoms with Gasteiger partial charge < -0.3 is 5.11 Å². The standard InChI is InChI=1S/C14H12ClFO/c15-12-6-4-10(5-7-12)8-14(17)11-2-1-3-13(16)9-11/h1-7,9,14,17H,8H2. The van der Waals surface area contributed by atoms with Gasteiger partial charge in [-0.15, -0.1) is 0 Å². The summed E-state index contributed by atoms with van der Waals surface area (Å²) < 4.78 is 13.0. The van der Waals surface area contributed by atoms with Crippen LogP contribution >= 0.6 is 11.6 Å². The van der Waals surface area contributed by atoms with Gasteiger partial charge in [0, 0.05) is 11.4 Å². The van der Waals surface area contributed by atoms with E-state index in [9.17, 15) is 9.50 Å². The second-order valence-corrected chi connectivity index (χ2v) is 4.34. The molecule has 2 aromatic rings. The number of hydrogen-bond acceptors (Lipinski definition) is 1. The van der Waals surface area contributed by atoms with Crippen LogP contribution in [0.3, 0.4) is 0 Å². The first-order chi connectivity index (χ1) is 8.15. The van der Waals surface area contributed by atoms with E-state index in [4.69, 9.17) is 11.6 Å². The molecule has 2 aromatic carbocycles. The van der Waals surface area contributed by atoms with E-state index >= 15 is 0 Å². The van der Waals surface area contributed by atoms with E-state index in [1.807, 2.05) is 12.1 Å². The maximum absolute atomic E-state index is 13.0. The van der Waals surface area contributed by atoms with Gasteiger partial charge in [0.25, 0.3) is 0 Å². The summed E-state index contributed by atoms with van der Waals surface area (Å²) in [6, 6.07) is 13.3. The van der Waals surface area contributed by atoms with Gasteiger partial charge in [0.1, 0.15) is 5.82 Å². The topological polar surface area (TPSA) is 20.2 Å². The molecule has 0 fully saturated rings. The van der Waals surface area contributed by atoms with Gasteiger partial charge >= 0.3 is 0 Å². The molecule has 0 amide bonds. The molecule has 0 aliphatic carbocycles. The SMILES string of the molecule is OC(Cc1ccc(Cl)cc1)c1cccc(F)c1. The molecule has 0 aromatic heterocycles. The Morgan fingerprint density at radius 2 is 1.82 bits per heavy atom. The van der Waals surface area contributed by atoms with Gasteiger partial charge in [-0.05, 0) is 35.4 Å². The van der Waals surface area contributed by atoms with Gasteiger partial charge in [-0.2, -0.15) is 0 Å². The van der Waals surface area contributed by atoms with Crippen LogP contribution in [0.25, 0.3) is 0 Å². The first-order valence-corrected chi connectivity index (χ1v) is 5.71. The van der Waals surface area contributed by atoms with Gasteiger partial charge in [0.2, 0.25) is 0 Å². The minimum Gasteiger partial charge on any atom is -0.388 e. The molecular formula is C14H12ClFO. The van der Waals surface area contributed by atoms with Gasteiger partial charge in [-0.1, -0.05) is 35.9 Å². The lowest BCUT2D eigenvalue weighted by Crippen LogP contribution is -2.02. The molecule has 0 radical (unpaired) electrons. The monoisotopic (exact) mass is 250 g/mol. The predicted octanol–water partition coefficient (Wildman–Crippen LogP) is 3.76. The Morgan fingerprint density at radius 1 is 1.12 bits per heavy atom. The summed E-state index contributed by atoms with van der Waals surface area (Å²) in [6.07, 6.45) is -0.257. The first kappa shape index (κ1) is 12.1. The molecule has 3 heteroatoms. The molecule has 1 atom stereocenters. The highest BCUT2D eigenvalue weighted by Crippen LogP contribution is 2.20. The van der Waals surface area contributed by atoms with Gasteiger partial charge in [-0.3, -0.25) is 0 Å². The summed E-state index contributed by atoms with van der Waals surface area (Å²) in [6.45, 7) is 0. The summed E-state index contributed by atoms with van der Waals surface area (Å²) in [7, 11) is 0. The largest absolute Gasteiger partial charge is 0.388 e. The highest BCUT2D eigenvalue weighted by Gasteiger charge is 2.09. The van der Waals surface area contributed by atoms with Crippen LogP contribution in [0.15, 0.2) is 48.5 Å². The quantitative estimate of drug-likeness (QED) is 0.880. The number of rotatable bonds is 3. The fourth-order valence-corrected chi connectivity index (χ4v) is 1.80. The van der Waals surface area contributed by atoms with Crippen LogP contribution in [0.1, 0.15) is 17.2 Å². The molecule has 88 valence electrons. The third-order valence-corrected chi connectivity index (χ3v) is 2.83. The second kappa shape index (κ2) is 5.30. The minimum atomic E-state index is -0.702. The average molecular weight is 251 g/mol. The van der Waals surface area contributed by atoms with Crippen molar-refractivity contribution in [3.63, 3.8) is 0 Å². The Hall–Kier alpha value is -1.38. The highest BCUT2D eigenvalue weighted by atomic mass is 35.5. The smallest absolute Gasteiger partial charge is 0.123 e. The lowest BCUT2D eigenvalue weighted by molar-refractivity contribution is 0.178. The van der Waals surface area contributed by atoms with Crippen molar-refractivity contribution in [1.29, 1.82) is 0 Å². The lowest BCUT2D eigenvalue weighted by Gasteiger charge is -2.11. The molecule has 1 unspecified atom stereocenters. The normalized spacial score (nSPS) is 12.4. The molecule has 17 heavy (non-hydrogen) atoms. The van der Waals surface area contributed by atoms with Crippen LogP contribution in [-0.2, 0) is 6.42 Å². The van der Waals surface area contributed by atoms with Crippen molar-refractivity contribution in [3.05, 3.63) is 70.5 Å². The summed E-state index contributed by atoms with van der Waals surface area (Å²) in [5.74, 6) is -0.336. The molecule has 1 N–H and O–H groups in total. The fraction of sp³-hybridized carbons (Fsp3) is 0.143. The Labute approximate surface area is 104 Å². The van der Waals surface area contributed by atoms with Crippen LogP contribution in [0, 0.1) is 5.82 Å². The predicted molar refractivity (Wildman–Crippen MR) is 66.5 cm³/mol. The molecule has 0 heterocycles. The maximum Gasteiger partial charge on any atom is 0.123 e. The molecule has 0 saturated heterocycles. The van der Waals surface area contributed by atoms with Gasteiger partial charge in [0.05, 0.1) is 6.10 Å². The van der Waals surface area contributed by atoms with E-state index < -0.39 is 6.10 Å². The zero-order chi connectivity index (χ0) is 12.3. The number of aliphatic hydroxyl groups is 1. The summed E-state index contributed by atoms with van der Waals surface area (Å²) in [4.78, 5) is 0. The van der Waals surface area contributed by atoms with E-state index in [0.29, 0.717) is 17.0 Å². The van der Waals surface area contributed by atoms with Crippen LogP contribution in [-0.4, -0.2) is 5.11 Å². The van der Waals surface area contributed by atoms with Crippen LogP contribution in [0.4, 0.5) is 4.39 Å². The van der Waals surface area contributed by atoms with E-state index in [-0.39, 0.29) is 5.82 Å². The summed E-state index contributed by atoms with van der Waals surface area (Å²) in [5.41, 5.74) is 1.55. The average Bonchev–Trinajstić information content (AvgIpc) is 2.32. The van der Waals surface area contributed by atoms with Crippen LogP contribution in [0.2, 0.25) is 5.02 Å². The van der Waals surface area contributed by atoms with Crippen LogP contribution in [0.5, 0.6) is 0 Å². The first-order valence-electron chi connectivity index (χ1n) is 5.33. The molecule has 0 spiro atoms. The molecule has 0 aliphatic heterocycles. The Balaban J connectivity index is 2.11. The molecular weight excluding hydrogens is 239 g/mol. The lowest BCUT2D eigenvalue weighted by atomic mass is 10.0. The van der Waals surface area contributed by atoms with Crippen molar-refractivity contribution in [1.82, 2.24) is 0 Å². The third-order valence-electron chi connectivity index (χ3n) is 2.58. The van der Waals surface area contributed by atoms with Gasteiger partial charge in [-0.25, -0.2) is 4.39 Å².